The van der Waals surface area contributed by atoms with Gasteiger partial charge in [0.25, 0.3) is 0 Å². The number of ketones is 1. The molecule has 3 aromatic rings. The van der Waals surface area contributed by atoms with Crippen LogP contribution in [0.5, 0.6) is 0 Å². The highest BCUT2D eigenvalue weighted by atomic mass is 35.5. The SMILES string of the molecule is Cc1[nH]c2ccccc2c1C(=O)COC(=O)CSCc1ccc(Cl)s1. The van der Waals surface area contributed by atoms with Gasteiger partial charge >= 0.3 is 5.97 Å². The number of halogens is 1. The van der Waals surface area contributed by atoms with Crippen LogP contribution in [0.25, 0.3) is 10.9 Å². The molecule has 0 spiro atoms. The largest absolute Gasteiger partial charge is 0.457 e. The van der Waals surface area contributed by atoms with Crippen molar-refractivity contribution in [1.82, 2.24) is 4.98 Å². The normalized spacial score (nSPS) is 11.0. The summed E-state index contributed by atoms with van der Waals surface area (Å²) in [4.78, 5) is 28.5. The summed E-state index contributed by atoms with van der Waals surface area (Å²) >= 11 is 8.80. The monoisotopic (exact) mass is 393 g/mol. The molecule has 0 saturated carbocycles. The highest BCUT2D eigenvalue weighted by Gasteiger charge is 2.17. The van der Waals surface area contributed by atoms with E-state index in [0.29, 0.717) is 11.3 Å². The third-order valence-corrected chi connectivity index (χ3v) is 6.00. The highest BCUT2D eigenvalue weighted by molar-refractivity contribution is 7.99. The Balaban J connectivity index is 1.51. The minimum atomic E-state index is -0.390. The van der Waals surface area contributed by atoms with E-state index in [2.05, 4.69) is 4.98 Å². The van der Waals surface area contributed by atoms with E-state index in [-0.39, 0.29) is 18.1 Å². The molecule has 4 nitrogen and oxygen atoms in total. The van der Waals surface area contributed by atoms with Crippen LogP contribution in [0.1, 0.15) is 20.9 Å². The van der Waals surface area contributed by atoms with Crippen molar-refractivity contribution in [3.63, 3.8) is 0 Å². The number of carbonyl (C=O) groups excluding carboxylic acids is 2. The Labute approximate surface area is 158 Å². The standard InChI is InChI=1S/C18H16ClNO3S2/c1-11-18(13-4-2-3-5-14(13)20-11)15(21)8-23-17(22)10-24-9-12-6-7-16(19)25-12/h2-7,20H,8-10H2,1H3. The van der Waals surface area contributed by atoms with Gasteiger partial charge in [-0.15, -0.1) is 23.1 Å². The number of aromatic nitrogens is 1. The van der Waals surface area contributed by atoms with Gasteiger partial charge in [-0.25, -0.2) is 0 Å². The van der Waals surface area contributed by atoms with Crippen LogP contribution < -0.4 is 0 Å². The van der Waals surface area contributed by atoms with Crippen LogP contribution in [0.4, 0.5) is 0 Å². The predicted molar refractivity (Wildman–Crippen MR) is 104 cm³/mol. The number of carbonyl (C=O) groups is 2. The minimum Gasteiger partial charge on any atom is -0.457 e. The van der Waals surface area contributed by atoms with Crippen LogP contribution >= 0.6 is 34.7 Å². The Morgan fingerprint density at radius 2 is 2.04 bits per heavy atom. The highest BCUT2D eigenvalue weighted by Crippen LogP contribution is 2.25. The number of esters is 1. The number of hydrogen-bond donors (Lipinski definition) is 1. The summed E-state index contributed by atoms with van der Waals surface area (Å²) in [6.45, 7) is 1.60. The Hall–Kier alpha value is -1.76. The first kappa shape index (κ1) is 18.0. The van der Waals surface area contributed by atoms with E-state index in [0.717, 1.165) is 25.8 Å². The van der Waals surface area contributed by atoms with E-state index < -0.39 is 5.97 Å². The number of H-pyrrole nitrogens is 1. The number of thioether (sulfide) groups is 1. The molecule has 0 radical (unpaired) electrons. The lowest BCUT2D eigenvalue weighted by molar-refractivity contribution is -0.139. The Morgan fingerprint density at radius 3 is 2.80 bits per heavy atom. The molecule has 0 bridgehead atoms. The summed E-state index contributed by atoms with van der Waals surface area (Å²) in [5.41, 5.74) is 2.27. The van der Waals surface area contributed by atoms with Crippen molar-refractivity contribution < 1.29 is 14.3 Å². The summed E-state index contributed by atoms with van der Waals surface area (Å²) in [5.74, 6) is 0.314. The van der Waals surface area contributed by atoms with Gasteiger partial charge in [0, 0.05) is 32.8 Å². The Kier molecular flexibility index (Phi) is 5.83. The molecule has 0 fully saturated rings. The van der Waals surface area contributed by atoms with Gasteiger partial charge in [-0.05, 0) is 25.1 Å². The van der Waals surface area contributed by atoms with Crippen LogP contribution in [-0.4, -0.2) is 29.1 Å². The zero-order chi connectivity index (χ0) is 17.8. The molecule has 2 heterocycles. The van der Waals surface area contributed by atoms with Crippen molar-refractivity contribution in [2.75, 3.05) is 12.4 Å². The van der Waals surface area contributed by atoms with Crippen molar-refractivity contribution in [2.24, 2.45) is 0 Å². The molecule has 3 rings (SSSR count). The molecule has 1 aromatic carbocycles. The van der Waals surface area contributed by atoms with Crippen LogP contribution in [0.15, 0.2) is 36.4 Å². The maximum Gasteiger partial charge on any atom is 0.316 e. The van der Waals surface area contributed by atoms with E-state index in [4.69, 9.17) is 16.3 Å². The smallest absolute Gasteiger partial charge is 0.316 e. The summed E-state index contributed by atoms with van der Waals surface area (Å²) in [6.07, 6.45) is 0. The van der Waals surface area contributed by atoms with E-state index >= 15 is 0 Å². The zero-order valence-electron chi connectivity index (χ0n) is 13.5. The molecular weight excluding hydrogens is 378 g/mol. The van der Waals surface area contributed by atoms with Gasteiger partial charge < -0.3 is 9.72 Å². The number of rotatable bonds is 7. The lowest BCUT2D eigenvalue weighted by Crippen LogP contribution is -2.16. The number of fused-ring (bicyclic) bond motifs is 1. The average Bonchev–Trinajstić information content (AvgIpc) is 3.14. The summed E-state index contributed by atoms with van der Waals surface area (Å²) in [5, 5.41) is 0.852. The number of para-hydroxylation sites is 1. The number of nitrogens with one attached hydrogen (secondary N) is 1. The number of benzene rings is 1. The quantitative estimate of drug-likeness (QED) is 0.460. The van der Waals surface area contributed by atoms with Crippen molar-refractivity contribution in [1.29, 1.82) is 0 Å². The third-order valence-electron chi connectivity index (χ3n) is 3.63. The number of ether oxygens (including phenoxy) is 1. The topological polar surface area (TPSA) is 59.2 Å². The van der Waals surface area contributed by atoms with Crippen molar-refractivity contribution in [3.8, 4) is 0 Å². The number of aromatic amines is 1. The van der Waals surface area contributed by atoms with Crippen LogP contribution in [-0.2, 0) is 15.3 Å². The van der Waals surface area contributed by atoms with Crippen molar-refractivity contribution >= 4 is 57.4 Å². The number of aryl methyl sites for hydroxylation is 1. The van der Waals surface area contributed by atoms with E-state index in [1.165, 1.54) is 23.1 Å². The second-order valence-electron chi connectivity index (χ2n) is 5.45. The molecule has 0 saturated heterocycles. The molecule has 0 amide bonds. The molecule has 0 atom stereocenters. The van der Waals surface area contributed by atoms with E-state index in [1.807, 2.05) is 43.3 Å². The second-order valence-corrected chi connectivity index (χ2v) is 8.24. The fraction of sp³-hybridized carbons (Fsp3) is 0.222. The fourth-order valence-electron chi connectivity index (χ4n) is 2.56. The first-order chi connectivity index (χ1) is 12.0. The predicted octanol–water partition coefficient (Wildman–Crippen LogP) is 4.85. The number of Topliss-reactive ketones (excluding diaryl/α,β-unsaturated/α-hetero) is 1. The third kappa shape index (κ3) is 4.45. The fourth-order valence-corrected chi connectivity index (χ4v) is 4.58. The second kappa shape index (κ2) is 8.08. The lowest BCUT2D eigenvalue weighted by atomic mass is 10.1. The summed E-state index contributed by atoms with van der Waals surface area (Å²) in [7, 11) is 0. The molecule has 0 aliphatic rings. The van der Waals surface area contributed by atoms with Crippen LogP contribution in [0.3, 0.4) is 0 Å². The van der Waals surface area contributed by atoms with Gasteiger partial charge in [-0.2, -0.15) is 0 Å². The van der Waals surface area contributed by atoms with Crippen molar-refractivity contribution in [2.45, 2.75) is 12.7 Å². The maximum absolute atomic E-state index is 12.4. The first-order valence-electron chi connectivity index (χ1n) is 7.62. The minimum absolute atomic E-state index is 0.196. The van der Waals surface area contributed by atoms with Crippen molar-refractivity contribution in [3.05, 3.63) is 56.9 Å². The lowest BCUT2D eigenvalue weighted by Gasteiger charge is -2.04. The molecule has 2 aromatic heterocycles. The van der Waals surface area contributed by atoms with E-state index in [1.54, 1.807) is 0 Å². The summed E-state index contributed by atoms with van der Waals surface area (Å²) < 4.78 is 5.86. The molecule has 0 aliphatic heterocycles. The van der Waals surface area contributed by atoms with E-state index in [9.17, 15) is 9.59 Å². The molecular formula is C18H16ClNO3S2. The van der Waals surface area contributed by atoms with Gasteiger partial charge in [0.05, 0.1) is 10.1 Å². The molecule has 7 heteroatoms. The molecule has 1 N–H and O–H groups in total. The molecule has 130 valence electrons. The van der Waals surface area contributed by atoms with Gasteiger partial charge in [0.1, 0.15) is 0 Å². The Morgan fingerprint density at radius 1 is 1.24 bits per heavy atom. The van der Waals surface area contributed by atoms with Crippen LogP contribution in [0, 0.1) is 6.92 Å². The number of hydrogen-bond acceptors (Lipinski definition) is 5. The first-order valence-corrected chi connectivity index (χ1v) is 9.97. The van der Waals surface area contributed by atoms with Gasteiger partial charge in [0.2, 0.25) is 5.78 Å². The van der Waals surface area contributed by atoms with Gasteiger partial charge in [-0.1, -0.05) is 29.8 Å². The molecule has 0 unspecified atom stereocenters. The maximum atomic E-state index is 12.4. The van der Waals surface area contributed by atoms with Crippen LogP contribution in [0.2, 0.25) is 4.34 Å². The average molecular weight is 394 g/mol. The summed E-state index contributed by atoms with van der Waals surface area (Å²) in [6, 6.07) is 11.4. The number of thiophene rings is 1. The van der Waals surface area contributed by atoms with Gasteiger partial charge in [0.15, 0.2) is 6.61 Å². The Bertz CT molecular complexity index is 916. The van der Waals surface area contributed by atoms with Gasteiger partial charge in [-0.3, -0.25) is 9.59 Å². The molecule has 25 heavy (non-hydrogen) atoms. The zero-order valence-corrected chi connectivity index (χ0v) is 15.9. The molecule has 0 aliphatic carbocycles.